The summed E-state index contributed by atoms with van der Waals surface area (Å²) in [4.78, 5) is 21.8. The van der Waals surface area contributed by atoms with Crippen LogP contribution in [0, 0.1) is 0 Å². The molecule has 0 amide bonds. The largest absolute Gasteiger partial charge is 0.462 e. The number of aliphatic hydroxyl groups is 2. The van der Waals surface area contributed by atoms with Crippen molar-refractivity contribution in [2.24, 2.45) is 0 Å². The summed E-state index contributed by atoms with van der Waals surface area (Å²) < 4.78 is 9.25. The predicted octanol–water partition coefficient (Wildman–Crippen LogP) is -0.606. The quantitative estimate of drug-likeness (QED) is 0.329. The van der Waals surface area contributed by atoms with Crippen LogP contribution in [0.5, 0.6) is 0 Å². The fraction of sp³-hybridized carbons (Fsp3) is 0.600. The van der Waals surface area contributed by atoms with Crippen molar-refractivity contribution in [1.29, 1.82) is 0 Å². The van der Waals surface area contributed by atoms with E-state index in [4.69, 9.17) is 10.2 Å². The van der Waals surface area contributed by atoms with Gasteiger partial charge in [0, 0.05) is 38.2 Å². The Labute approximate surface area is 93.5 Å². The lowest BCUT2D eigenvalue weighted by molar-refractivity contribution is -0.140. The highest BCUT2D eigenvalue weighted by atomic mass is 16.5. The number of carbonyl (C=O) groups is 2. The van der Waals surface area contributed by atoms with Crippen LogP contribution in [-0.4, -0.2) is 48.6 Å². The molecule has 0 aromatic rings. The second-order valence-electron chi connectivity index (χ2n) is 2.82. The zero-order valence-electron chi connectivity index (χ0n) is 8.92. The van der Waals surface area contributed by atoms with Crippen molar-refractivity contribution in [3.05, 3.63) is 12.2 Å². The van der Waals surface area contributed by atoms with E-state index in [9.17, 15) is 9.59 Å². The van der Waals surface area contributed by atoms with E-state index < -0.39 is 11.9 Å². The molecular weight excluding hydrogens is 216 g/mol. The van der Waals surface area contributed by atoms with E-state index in [2.05, 4.69) is 9.47 Å². The van der Waals surface area contributed by atoms with Crippen LogP contribution in [0.4, 0.5) is 0 Å². The molecular formula is C10H16O6. The van der Waals surface area contributed by atoms with Gasteiger partial charge in [0.05, 0.1) is 13.2 Å². The molecule has 0 aliphatic rings. The van der Waals surface area contributed by atoms with Crippen LogP contribution in [-0.2, 0) is 19.1 Å². The molecule has 0 bridgehead atoms. The molecule has 16 heavy (non-hydrogen) atoms. The monoisotopic (exact) mass is 232 g/mol. The molecule has 0 fully saturated rings. The van der Waals surface area contributed by atoms with Gasteiger partial charge in [-0.05, 0) is 0 Å². The molecule has 0 radical (unpaired) electrons. The molecule has 0 aromatic carbocycles. The van der Waals surface area contributed by atoms with Crippen LogP contribution in [0.2, 0.25) is 0 Å². The van der Waals surface area contributed by atoms with Crippen LogP contribution in [0.25, 0.3) is 0 Å². The molecule has 0 aliphatic carbocycles. The van der Waals surface area contributed by atoms with E-state index in [1.807, 2.05) is 0 Å². The summed E-state index contributed by atoms with van der Waals surface area (Å²) in [6, 6.07) is 0. The molecule has 0 unspecified atom stereocenters. The van der Waals surface area contributed by atoms with Gasteiger partial charge in [-0.2, -0.15) is 0 Å². The molecule has 2 N–H and O–H groups in total. The number of rotatable bonds is 8. The van der Waals surface area contributed by atoms with E-state index in [-0.39, 0.29) is 26.4 Å². The Morgan fingerprint density at radius 2 is 1.25 bits per heavy atom. The first kappa shape index (κ1) is 14.6. The molecule has 0 heterocycles. The fourth-order valence-electron chi connectivity index (χ4n) is 0.707. The number of carbonyl (C=O) groups excluding carboxylic acids is 2. The van der Waals surface area contributed by atoms with Crippen molar-refractivity contribution in [2.45, 2.75) is 12.8 Å². The van der Waals surface area contributed by atoms with Gasteiger partial charge in [0.2, 0.25) is 0 Å². The molecule has 0 aliphatic heterocycles. The fourth-order valence-corrected chi connectivity index (χ4v) is 0.707. The highest BCUT2D eigenvalue weighted by Gasteiger charge is 2.00. The van der Waals surface area contributed by atoms with Crippen LogP contribution in [0.15, 0.2) is 12.2 Å². The molecule has 92 valence electrons. The summed E-state index contributed by atoms with van der Waals surface area (Å²) >= 11 is 0. The third-order valence-corrected chi connectivity index (χ3v) is 1.45. The molecule has 0 saturated heterocycles. The molecule has 0 saturated carbocycles. The summed E-state index contributed by atoms with van der Waals surface area (Å²) in [5, 5.41) is 16.8. The lowest BCUT2D eigenvalue weighted by Gasteiger charge is -2.00. The first-order valence-corrected chi connectivity index (χ1v) is 4.94. The summed E-state index contributed by atoms with van der Waals surface area (Å²) in [6.07, 6.45) is 2.64. The Morgan fingerprint density at radius 1 is 0.875 bits per heavy atom. The normalized spacial score (nSPS) is 10.4. The second kappa shape index (κ2) is 10.1. The molecule has 0 rings (SSSR count). The minimum absolute atomic E-state index is 0.0554. The van der Waals surface area contributed by atoms with Gasteiger partial charge in [-0.3, -0.25) is 0 Å². The van der Waals surface area contributed by atoms with Crippen LogP contribution in [0.1, 0.15) is 12.8 Å². The van der Waals surface area contributed by atoms with Crippen molar-refractivity contribution >= 4 is 11.9 Å². The van der Waals surface area contributed by atoms with Crippen molar-refractivity contribution in [3.8, 4) is 0 Å². The topological polar surface area (TPSA) is 93.1 Å². The Bertz CT molecular complexity index is 211. The maximum Gasteiger partial charge on any atom is 0.331 e. The number of ether oxygens (including phenoxy) is 2. The van der Waals surface area contributed by atoms with Crippen LogP contribution >= 0.6 is 0 Å². The lowest BCUT2D eigenvalue weighted by Crippen LogP contribution is -2.07. The number of hydrogen-bond acceptors (Lipinski definition) is 6. The van der Waals surface area contributed by atoms with E-state index in [1.165, 1.54) is 0 Å². The minimum Gasteiger partial charge on any atom is -0.462 e. The van der Waals surface area contributed by atoms with Crippen molar-refractivity contribution in [3.63, 3.8) is 0 Å². The highest BCUT2D eigenvalue weighted by Crippen LogP contribution is 1.88. The minimum atomic E-state index is -0.660. The van der Waals surface area contributed by atoms with Crippen molar-refractivity contribution in [2.75, 3.05) is 26.4 Å². The Hall–Kier alpha value is -1.40. The zero-order valence-corrected chi connectivity index (χ0v) is 8.92. The Morgan fingerprint density at radius 3 is 1.56 bits per heavy atom. The maximum atomic E-state index is 10.9. The van der Waals surface area contributed by atoms with Gasteiger partial charge < -0.3 is 19.7 Å². The molecule has 0 atom stereocenters. The SMILES string of the molecule is O=C(/C=C/C(=O)OCCCO)OCCCO. The van der Waals surface area contributed by atoms with Crippen LogP contribution < -0.4 is 0 Å². The van der Waals surface area contributed by atoms with Gasteiger partial charge in [0.1, 0.15) is 0 Å². The van der Waals surface area contributed by atoms with E-state index in [0.717, 1.165) is 12.2 Å². The predicted molar refractivity (Wildman–Crippen MR) is 54.5 cm³/mol. The Kier molecular flexibility index (Phi) is 9.24. The molecule has 6 nitrogen and oxygen atoms in total. The van der Waals surface area contributed by atoms with Crippen molar-refractivity contribution < 1.29 is 29.3 Å². The summed E-state index contributed by atoms with van der Waals surface area (Å²) in [6.45, 7) is 0.110. The average Bonchev–Trinajstić information content (AvgIpc) is 2.27. The smallest absolute Gasteiger partial charge is 0.331 e. The number of aliphatic hydroxyl groups excluding tert-OH is 2. The maximum absolute atomic E-state index is 10.9. The van der Waals surface area contributed by atoms with E-state index >= 15 is 0 Å². The van der Waals surface area contributed by atoms with Gasteiger partial charge in [-0.15, -0.1) is 0 Å². The molecule has 6 heteroatoms. The third kappa shape index (κ3) is 9.17. The van der Waals surface area contributed by atoms with Gasteiger partial charge in [-0.25, -0.2) is 9.59 Å². The van der Waals surface area contributed by atoms with Crippen LogP contribution in [0.3, 0.4) is 0 Å². The zero-order chi connectivity index (χ0) is 12.2. The summed E-state index contributed by atoms with van der Waals surface area (Å²) in [7, 11) is 0. The van der Waals surface area contributed by atoms with Gasteiger partial charge in [0.15, 0.2) is 0 Å². The highest BCUT2D eigenvalue weighted by molar-refractivity contribution is 5.91. The van der Waals surface area contributed by atoms with Gasteiger partial charge >= 0.3 is 11.9 Å². The first-order chi connectivity index (χ1) is 7.70. The summed E-state index contributed by atoms with van der Waals surface area (Å²) in [5.41, 5.74) is 0. The standard InChI is InChI=1S/C10H16O6/c11-5-1-7-15-9(13)3-4-10(14)16-8-2-6-12/h3-4,11-12H,1-2,5-8H2/b4-3+. The molecule has 0 spiro atoms. The Balaban J connectivity index is 3.63. The third-order valence-electron chi connectivity index (χ3n) is 1.45. The van der Waals surface area contributed by atoms with Gasteiger partial charge in [-0.1, -0.05) is 0 Å². The lowest BCUT2D eigenvalue weighted by atomic mass is 10.4. The number of esters is 2. The number of hydrogen-bond donors (Lipinski definition) is 2. The van der Waals surface area contributed by atoms with Gasteiger partial charge in [0.25, 0.3) is 0 Å². The van der Waals surface area contributed by atoms with E-state index in [0.29, 0.717) is 12.8 Å². The van der Waals surface area contributed by atoms with E-state index in [1.54, 1.807) is 0 Å². The second-order valence-corrected chi connectivity index (χ2v) is 2.82. The summed E-state index contributed by atoms with van der Waals surface area (Å²) in [5.74, 6) is -1.32. The average molecular weight is 232 g/mol. The molecule has 0 aromatic heterocycles. The first-order valence-electron chi connectivity index (χ1n) is 4.94. The van der Waals surface area contributed by atoms with Crippen molar-refractivity contribution in [1.82, 2.24) is 0 Å².